The van der Waals surface area contributed by atoms with E-state index < -0.39 is 5.97 Å². The van der Waals surface area contributed by atoms with Crippen LogP contribution in [0.25, 0.3) is 0 Å². The van der Waals surface area contributed by atoms with Crippen LogP contribution in [0.4, 0.5) is 0 Å². The highest BCUT2D eigenvalue weighted by Crippen LogP contribution is 2.20. The summed E-state index contributed by atoms with van der Waals surface area (Å²) in [6.07, 6.45) is 13.2. The van der Waals surface area contributed by atoms with Crippen molar-refractivity contribution in [3.63, 3.8) is 0 Å². The fourth-order valence-corrected chi connectivity index (χ4v) is 3.64. The minimum absolute atomic E-state index is 0.383. The first-order valence-corrected chi connectivity index (χ1v) is 10.9. The van der Waals surface area contributed by atoms with E-state index in [2.05, 4.69) is 20.8 Å². The van der Waals surface area contributed by atoms with Crippen molar-refractivity contribution in [2.75, 3.05) is 26.2 Å². The second-order valence-corrected chi connectivity index (χ2v) is 7.97. The molecule has 0 radical (unpaired) electrons. The molecular weight excluding hydrogens is 326 g/mol. The van der Waals surface area contributed by atoms with Gasteiger partial charge >= 0.3 is 5.97 Å². The number of aliphatic carboxylic acids is 1. The Balaban J connectivity index is 5.19. The number of hydrogen-bond acceptors (Lipinski definition) is 2. The van der Waals surface area contributed by atoms with Gasteiger partial charge in [0.05, 0.1) is 19.6 Å². The molecule has 0 aliphatic rings. The molecule has 0 bridgehead atoms. The van der Waals surface area contributed by atoms with Gasteiger partial charge in [0.15, 0.2) is 0 Å². The summed E-state index contributed by atoms with van der Waals surface area (Å²) in [6.45, 7) is 11.5. The van der Waals surface area contributed by atoms with Crippen LogP contribution in [0.1, 0.15) is 91.9 Å². The molecule has 0 aliphatic heterocycles. The van der Waals surface area contributed by atoms with Crippen molar-refractivity contribution < 1.29 is 19.5 Å². The molecule has 0 aliphatic carbocycles. The summed E-state index contributed by atoms with van der Waals surface area (Å²) >= 11 is 0. The van der Waals surface area contributed by atoms with Crippen LogP contribution in [0.5, 0.6) is 0 Å². The number of allylic oxidation sites excluding steroid dienone is 1. The molecule has 4 heteroatoms. The molecule has 0 saturated heterocycles. The molecule has 4 nitrogen and oxygen atoms in total. The molecule has 0 aromatic carbocycles. The van der Waals surface area contributed by atoms with Crippen LogP contribution in [0.15, 0.2) is 11.8 Å². The Morgan fingerprint density at radius 2 is 1.38 bits per heavy atom. The van der Waals surface area contributed by atoms with Crippen LogP contribution < -0.4 is 0 Å². The molecule has 26 heavy (non-hydrogen) atoms. The lowest BCUT2D eigenvalue weighted by atomic mass is 10.1. The number of hydrogen-bond donors (Lipinski definition) is 2. The van der Waals surface area contributed by atoms with E-state index >= 15 is 0 Å². The Kier molecular flexibility index (Phi) is 14.5. The highest BCUT2D eigenvalue weighted by molar-refractivity contribution is 5.69. The molecule has 1 unspecified atom stereocenters. The predicted octanol–water partition coefficient (Wildman–Crippen LogP) is 5.93. The molecular formula is C22H44NO3+. The Labute approximate surface area is 161 Å². The number of aliphatic hydroxyl groups is 1. The van der Waals surface area contributed by atoms with Crippen molar-refractivity contribution in [2.24, 2.45) is 5.92 Å². The molecule has 0 rings (SSSR count). The first kappa shape index (κ1) is 25.0. The van der Waals surface area contributed by atoms with Crippen LogP contribution in [0, 0.1) is 5.92 Å². The summed E-state index contributed by atoms with van der Waals surface area (Å²) in [6, 6.07) is 0. The highest BCUT2D eigenvalue weighted by Gasteiger charge is 2.32. The lowest BCUT2D eigenvalue weighted by Gasteiger charge is -2.40. The third-order valence-electron chi connectivity index (χ3n) is 5.24. The summed E-state index contributed by atoms with van der Waals surface area (Å²) in [7, 11) is 0. The van der Waals surface area contributed by atoms with Crippen LogP contribution in [0.3, 0.4) is 0 Å². The van der Waals surface area contributed by atoms with Crippen LogP contribution >= 0.6 is 0 Å². The molecule has 0 amide bonds. The maximum atomic E-state index is 11.5. The SMILES string of the molecule is CCCCC/C=C(\O)C[N+](CCCCC)(CCCCC)CC(C)C(=O)O. The van der Waals surface area contributed by atoms with Gasteiger partial charge in [0.2, 0.25) is 0 Å². The van der Waals surface area contributed by atoms with Crippen molar-refractivity contribution in [2.45, 2.75) is 91.9 Å². The maximum absolute atomic E-state index is 11.5. The number of nitrogens with zero attached hydrogens (tertiary/aromatic N) is 1. The van der Waals surface area contributed by atoms with Crippen LogP contribution in [-0.4, -0.2) is 46.8 Å². The summed E-state index contributed by atoms with van der Waals surface area (Å²) < 4.78 is 0.712. The minimum Gasteiger partial charge on any atom is -0.507 e. The third-order valence-corrected chi connectivity index (χ3v) is 5.24. The van der Waals surface area contributed by atoms with E-state index in [0.29, 0.717) is 23.3 Å². The number of aliphatic hydroxyl groups excluding tert-OH is 1. The molecule has 0 fully saturated rings. The summed E-state index contributed by atoms with van der Waals surface area (Å²) in [5, 5.41) is 20.0. The zero-order valence-corrected chi connectivity index (χ0v) is 17.8. The summed E-state index contributed by atoms with van der Waals surface area (Å²) in [4.78, 5) is 11.5. The van der Waals surface area contributed by atoms with Crippen LogP contribution in [0.2, 0.25) is 0 Å². The fourth-order valence-electron chi connectivity index (χ4n) is 3.64. The average molecular weight is 371 g/mol. The normalized spacial score (nSPS) is 13.8. The number of carboxylic acid groups (broad SMARTS) is 1. The topological polar surface area (TPSA) is 57.5 Å². The predicted molar refractivity (Wildman–Crippen MR) is 110 cm³/mol. The zero-order valence-electron chi connectivity index (χ0n) is 17.8. The first-order valence-electron chi connectivity index (χ1n) is 10.9. The fraction of sp³-hybridized carbons (Fsp3) is 0.864. The summed E-state index contributed by atoms with van der Waals surface area (Å²) in [5.41, 5.74) is 0. The van der Waals surface area contributed by atoms with Crippen LogP contribution in [-0.2, 0) is 4.79 Å². The Morgan fingerprint density at radius 1 is 0.885 bits per heavy atom. The van der Waals surface area contributed by atoms with Gasteiger partial charge in [-0.2, -0.15) is 0 Å². The van der Waals surface area contributed by atoms with Gasteiger partial charge in [0.1, 0.15) is 18.2 Å². The highest BCUT2D eigenvalue weighted by atomic mass is 16.4. The molecule has 0 aromatic rings. The van der Waals surface area contributed by atoms with Gasteiger partial charge in [0.25, 0.3) is 0 Å². The second-order valence-electron chi connectivity index (χ2n) is 7.97. The van der Waals surface area contributed by atoms with Gasteiger partial charge in [0, 0.05) is 0 Å². The molecule has 1 atom stereocenters. The summed E-state index contributed by atoms with van der Waals surface area (Å²) in [5.74, 6) is -0.664. The van der Waals surface area contributed by atoms with Crippen molar-refractivity contribution >= 4 is 5.97 Å². The molecule has 2 N–H and O–H groups in total. The number of unbranched alkanes of at least 4 members (excludes halogenated alkanes) is 7. The molecule has 0 saturated carbocycles. The number of carbonyl (C=O) groups is 1. The van der Waals surface area contributed by atoms with Crippen molar-refractivity contribution in [3.05, 3.63) is 11.8 Å². The van der Waals surface area contributed by atoms with E-state index in [0.717, 1.165) is 64.5 Å². The first-order chi connectivity index (χ1) is 12.4. The average Bonchev–Trinajstić information content (AvgIpc) is 2.59. The van der Waals surface area contributed by atoms with E-state index in [1.165, 1.54) is 12.8 Å². The van der Waals surface area contributed by atoms with Crippen molar-refractivity contribution in [1.29, 1.82) is 0 Å². The number of rotatable bonds is 17. The smallest absolute Gasteiger partial charge is 0.311 e. The van der Waals surface area contributed by atoms with E-state index in [9.17, 15) is 15.0 Å². The second kappa shape index (κ2) is 15.1. The molecule has 0 spiro atoms. The van der Waals surface area contributed by atoms with E-state index in [1.54, 1.807) is 6.92 Å². The van der Waals surface area contributed by atoms with Gasteiger partial charge in [-0.15, -0.1) is 0 Å². The van der Waals surface area contributed by atoms with Gasteiger partial charge in [-0.05, 0) is 51.5 Å². The molecule has 0 heterocycles. The Bertz CT molecular complexity index is 383. The third kappa shape index (κ3) is 11.6. The van der Waals surface area contributed by atoms with E-state index in [1.807, 2.05) is 6.08 Å². The lowest BCUT2D eigenvalue weighted by molar-refractivity contribution is -0.927. The minimum atomic E-state index is -0.732. The van der Waals surface area contributed by atoms with Gasteiger partial charge < -0.3 is 14.7 Å². The monoisotopic (exact) mass is 370 g/mol. The standard InChI is InChI=1S/C22H43NO3/c1-5-8-11-12-15-21(24)19-23(16-13-9-6-2,17-14-10-7-3)18-20(4)22(25)26/h15,20H,5-14,16-19H2,1-4H3,(H-,24,25,26)/p+1/b21-15-. The maximum Gasteiger partial charge on any atom is 0.311 e. The van der Waals surface area contributed by atoms with Crippen molar-refractivity contribution in [1.82, 2.24) is 0 Å². The van der Waals surface area contributed by atoms with E-state index in [4.69, 9.17) is 0 Å². The largest absolute Gasteiger partial charge is 0.507 e. The van der Waals surface area contributed by atoms with Crippen molar-refractivity contribution in [3.8, 4) is 0 Å². The number of quaternary nitrogens is 1. The van der Waals surface area contributed by atoms with Gasteiger partial charge in [-0.3, -0.25) is 4.79 Å². The lowest BCUT2D eigenvalue weighted by Crippen LogP contribution is -2.54. The van der Waals surface area contributed by atoms with E-state index in [-0.39, 0.29) is 5.92 Å². The van der Waals surface area contributed by atoms with Gasteiger partial charge in [-0.1, -0.05) is 46.5 Å². The quantitative estimate of drug-likeness (QED) is 0.190. The van der Waals surface area contributed by atoms with Gasteiger partial charge in [-0.25, -0.2) is 0 Å². The Hall–Kier alpha value is -1.03. The number of carboxylic acids is 1. The zero-order chi connectivity index (χ0) is 19.8. The Morgan fingerprint density at radius 3 is 1.85 bits per heavy atom. The molecule has 154 valence electrons. The molecule has 0 aromatic heterocycles.